The predicted molar refractivity (Wildman–Crippen MR) is 86.2 cm³/mol. The van der Waals surface area contributed by atoms with E-state index in [9.17, 15) is 4.79 Å². The van der Waals surface area contributed by atoms with Crippen LogP contribution in [0.3, 0.4) is 0 Å². The molecule has 2 nitrogen and oxygen atoms in total. The fourth-order valence-corrected chi connectivity index (χ4v) is 2.32. The van der Waals surface area contributed by atoms with Gasteiger partial charge in [0, 0.05) is 6.08 Å². The Labute approximate surface area is 125 Å². The number of carboxylic acids is 1. The number of benzene rings is 2. The highest BCUT2D eigenvalue weighted by Crippen LogP contribution is 2.20. The van der Waals surface area contributed by atoms with E-state index < -0.39 is 5.97 Å². The smallest absolute Gasteiger partial charge is 0.328 e. The van der Waals surface area contributed by atoms with E-state index in [2.05, 4.69) is 31.2 Å². The average molecular weight is 280 g/mol. The lowest BCUT2D eigenvalue weighted by Gasteiger charge is -2.08. The van der Waals surface area contributed by atoms with Crippen LogP contribution in [0.4, 0.5) is 0 Å². The van der Waals surface area contributed by atoms with Crippen LogP contribution in [0.15, 0.2) is 60.7 Å². The van der Waals surface area contributed by atoms with Crippen LogP contribution in [0.2, 0.25) is 0 Å². The van der Waals surface area contributed by atoms with Crippen LogP contribution in [0.1, 0.15) is 30.0 Å². The van der Waals surface area contributed by atoms with Crippen molar-refractivity contribution < 1.29 is 9.90 Å². The number of allylic oxidation sites excluding steroid dienone is 1. The van der Waals surface area contributed by atoms with E-state index in [1.165, 1.54) is 17.2 Å². The second kappa shape index (κ2) is 7.44. The second-order valence-corrected chi connectivity index (χ2v) is 5.04. The molecule has 0 unspecified atom stereocenters. The zero-order valence-electron chi connectivity index (χ0n) is 12.3. The molecule has 0 heterocycles. The summed E-state index contributed by atoms with van der Waals surface area (Å²) >= 11 is 0. The lowest BCUT2D eigenvalue weighted by atomic mass is 9.97. The Morgan fingerprint density at radius 1 is 1.00 bits per heavy atom. The van der Waals surface area contributed by atoms with E-state index in [0.717, 1.165) is 30.4 Å². The minimum atomic E-state index is -0.893. The summed E-state index contributed by atoms with van der Waals surface area (Å²) in [5.41, 5.74) is 4.40. The Morgan fingerprint density at radius 2 is 1.62 bits per heavy atom. The third-order valence-electron chi connectivity index (χ3n) is 3.56. The summed E-state index contributed by atoms with van der Waals surface area (Å²) in [5.74, 6) is -0.893. The van der Waals surface area contributed by atoms with Crippen molar-refractivity contribution in [3.63, 3.8) is 0 Å². The molecule has 2 heteroatoms. The van der Waals surface area contributed by atoms with Crippen molar-refractivity contribution in [3.8, 4) is 0 Å². The first-order valence-electron chi connectivity index (χ1n) is 7.25. The zero-order chi connectivity index (χ0) is 15.1. The number of aryl methyl sites for hydroxylation is 2. The quantitative estimate of drug-likeness (QED) is 0.799. The third kappa shape index (κ3) is 4.60. The molecule has 0 atom stereocenters. The molecule has 2 aromatic carbocycles. The van der Waals surface area contributed by atoms with Crippen molar-refractivity contribution in [3.05, 3.63) is 77.4 Å². The van der Waals surface area contributed by atoms with Gasteiger partial charge in [-0.05, 0) is 41.5 Å². The zero-order valence-corrected chi connectivity index (χ0v) is 12.3. The average Bonchev–Trinajstić information content (AvgIpc) is 2.52. The van der Waals surface area contributed by atoms with E-state index >= 15 is 0 Å². The van der Waals surface area contributed by atoms with E-state index in [-0.39, 0.29) is 0 Å². The molecule has 0 saturated carbocycles. The van der Waals surface area contributed by atoms with E-state index in [1.54, 1.807) is 0 Å². The van der Waals surface area contributed by atoms with Crippen LogP contribution in [0, 0.1) is 0 Å². The van der Waals surface area contributed by atoms with E-state index in [1.807, 2.05) is 30.3 Å². The first-order chi connectivity index (χ1) is 10.2. The summed E-state index contributed by atoms with van der Waals surface area (Å²) in [7, 11) is 0. The Morgan fingerprint density at radius 3 is 2.19 bits per heavy atom. The van der Waals surface area contributed by atoms with Crippen LogP contribution >= 0.6 is 0 Å². The molecule has 0 spiro atoms. The van der Waals surface area contributed by atoms with Gasteiger partial charge in [-0.25, -0.2) is 4.79 Å². The van der Waals surface area contributed by atoms with Crippen molar-refractivity contribution in [2.75, 3.05) is 0 Å². The van der Waals surface area contributed by atoms with Crippen LogP contribution in [0.5, 0.6) is 0 Å². The number of hydrogen-bond acceptors (Lipinski definition) is 1. The van der Waals surface area contributed by atoms with Gasteiger partial charge in [-0.15, -0.1) is 0 Å². The van der Waals surface area contributed by atoms with E-state index in [4.69, 9.17) is 5.11 Å². The van der Waals surface area contributed by atoms with Gasteiger partial charge in [-0.2, -0.15) is 0 Å². The molecule has 108 valence electrons. The monoisotopic (exact) mass is 280 g/mol. The molecule has 0 aliphatic rings. The van der Waals surface area contributed by atoms with Crippen LogP contribution in [0.25, 0.3) is 5.57 Å². The molecule has 1 N–H and O–H groups in total. The summed E-state index contributed by atoms with van der Waals surface area (Å²) in [5, 5.41) is 9.03. The number of aliphatic carboxylic acids is 1. The van der Waals surface area contributed by atoms with Crippen LogP contribution in [-0.4, -0.2) is 11.1 Å². The molecule has 0 aromatic heterocycles. The number of carboxylic acid groups (broad SMARTS) is 1. The summed E-state index contributed by atoms with van der Waals surface area (Å²) in [6.45, 7) is 2.14. The summed E-state index contributed by atoms with van der Waals surface area (Å²) < 4.78 is 0. The van der Waals surface area contributed by atoms with Gasteiger partial charge in [-0.1, -0.05) is 61.5 Å². The van der Waals surface area contributed by atoms with Crippen molar-refractivity contribution in [2.45, 2.75) is 26.2 Å². The van der Waals surface area contributed by atoms with Crippen LogP contribution < -0.4 is 0 Å². The molecule has 0 fully saturated rings. The molecular formula is C19H20O2. The molecule has 0 aliphatic heterocycles. The largest absolute Gasteiger partial charge is 0.478 e. The normalized spacial score (nSPS) is 11.4. The van der Waals surface area contributed by atoms with Crippen molar-refractivity contribution in [1.82, 2.24) is 0 Å². The molecule has 2 rings (SSSR count). The summed E-state index contributed by atoms with van der Waals surface area (Å²) in [4.78, 5) is 11.0. The molecule has 0 radical (unpaired) electrons. The minimum absolute atomic E-state index is 0.724. The Kier molecular flexibility index (Phi) is 5.33. The van der Waals surface area contributed by atoms with Gasteiger partial charge in [0.25, 0.3) is 0 Å². The predicted octanol–water partition coefficient (Wildman–Crippen LogP) is 4.35. The molecule has 0 amide bonds. The maximum atomic E-state index is 11.0. The molecule has 0 bridgehead atoms. The number of hydrogen-bond donors (Lipinski definition) is 1. The van der Waals surface area contributed by atoms with Gasteiger partial charge in [0.1, 0.15) is 0 Å². The van der Waals surface area contributed by atoms with E-state index in [0.29, 0.717) is 0 Å². The van der Waals surface area contributed by atoms with Gasteiger partial charge in [-0.3, -0.25) is 0 Å². The van der Waals surface area contributed by atoms with Gasteiger partial charge in [0.15, 0.2) is 0 Å². The first kappa shape index (κ1) is 15.0. The number of rotatable bonds is 6. The highest BCUT2D eigenvalue weighted by molar-refractivity contribution is 5.90. The fourth-order valence-electron chi connectivity index (χ4n) is 2.32. The molecule has 0 aliphatic carbocycles. The van der Waals surface area contributed by atoms with Gasteiger partial charge in [0.05, 0.1) is 0 Å². The maximum Gasteiger partial charge on any atom is 0.328 e. The van der Waals surface area contributed by atoms with Crippen molar-refractivity contribution >= 4 is 11.5 Å². The molecule has 2 aromatic rings. The van der Waals surface area contributed by atoms with Gasteiger partial charge >= 0.3 is 5.97 Å². The molecule has 21 heavy (non-hydrogen) atoms. The molecule has 0 saturated heterocycles. The third-order valence-corrected chi connectivity index (χ3v) is 3.56. The first-order valence-corrected chi connectivity index (χ1v) is 7.25. The number of carbonyl (C=O) groups is 1. The SMILES string of the molecule is CCc1ccc(CC/C(=C\C(=O)O)c2ccccc2)cc1. The fraction of sp³-hybridized carbons (Fsp3) is 0.211. The van der Waals surface area contributed by atoms with Gasteiger partial charge in [0.2, 0.25) is 0 Å². The topological polar surface area (TPSA) is 37.3 Å². The standard InChI is InChI=1S/C19H20O2/c1-2-15-8-10-16(11-9-15)12-13-18(14-19(20)21)17-6-4-3-5-7-17/h3-11,14H,2,12-13H2,1H3,(H,20,21)/b18-14+. The lowest BCUT2D eigenvalue weighted by molar-refractivity contribution is -0.131. The van der Waals surface area contributed by atoms with Crippen LogP contribution in [-0.2, 0) is 17.6 Å². The highest BCUT2D eigenvalue weighted by atomic mass is 16.4. The Bertz CT molecular complexity index is 610. The summed E-state index contributed by atoms with van der Waals surface area (Å²) in [6, 6.07) is 18.2. The molecular weight excluding hydrogens is 260 g/mol. The summed E-state index contributed by atoms with van der Waals surface area (Å²) in [6.07, 6.45) is 3.92. The van der Waals surface area contributed by atoms with Gasteiger partial charge < -0.3 is 5.11 Å². The second-order valence-electron chi connectivity index (χ2n) is 5.04. The highest BCUT2D eigenvalue weighted by Gasteiger charge is 2.05. The lowest BCUT2D eigenvalue weighted by Crippen LogP contribution is -1.95. The van der Waals surface area contributed by atoms with Crippen molar-refractivity contribution in [2.24, 2.45) is 0 Å². The van der Waals surface area contributed by atoms with Crippen molar-refractivity contribution in [1.29, 1.82) is 0 Å². The minimum Gasteiger partial charge on any atom is -0.478 e. The maximum absolute atomic E-state index is 11.0. The Hall–Kier alpha value is -2.35. The Balaban J connectivity index is 2.11.